The zero-order chi connectivity index (χ0) is 23.7. The minimum atomic E-state index is -1.19. The van der Waals surface area contributed by atoms with Crippen LogP contribution in [0.3, 0.4) is 0 Å². The van der Waals surface area contributed by atoms with E-state index in [2.05, 4.69) is 23.3 Å². The van der Waals surface area contributed by atoms with Crippen LogP contribution in [0.5, 0.6) is 5.75 Å². The fourth-order valence-electron chi connectivity index (χ4n) is 3.19. The number of amides is 2. The number of rotatable bonds is 11. The average molecular weight is 459 g/mol. The summed E-state index contributed by atoms with van der Waals surface area (Å²) in [5.74, 6) is -2.31. The molecule has 2 aromatic carbocycles. The second kappa shape index (κ2) is 12.1. The van der Waals surface area contributed by atoms with Gasteiger partial charge in [0.2, 0.25) is 11.8 Å². The lowest BCUT2D eigenvalue weighted by atomic mass is 10.0. The molecule has 0 bridgehead atoms. The molecule has 0 aliphatic heterocycles. The highest BCUT2D eigenvalue weighted by atomic mass is 32.1. The van der Waals surface area contributed by atoms with Crippen LogP contribution in [-0.4, -0.2) is 45.3 Å². The molecule has 8 heteroatoms. The van der Waals surface area contributed by atoms with Crippen LogP contribution in [0.25, 0.3) is 0 Å². The van der Waals surface area contributed by atoms with Gasteiger partial charge in [-0.25, -0.2) is 4.79 Å². The molecule has 32 heavy (non-hydrogen) atoms. The van der Waals surface area contributed by atoms with Crippen LogP contribution in [0.15, 0.2) is 54.6 Å². The highest BCUT2D eigenvalue weighted by molar-refractivity contribution is 7.81. The molecule has 0 radical (unpaired) electrons. The fraction of sp³-hybridized carbons (Fsp3) is 0.375. The number of nitrogens with one attached hydrogen (secondary N) is 2. The third-order valence-corrected chi connectivity index (χ3v) is 5.58. The average Bonchev–Trinajstić information content (AvgIpc) is 2.76. The number of carbonyl (C=O) groups is 3. The molecular formula is C24H30N2O5S. The molecule has 7 nitrogen and oxygen atoms in total. The van der Waals surface area contributed by atoms with E-state index < -0.39 is 29.2 Å². The topological polar surface area (TPSA) is 116 Å². The van der Waals surface area contributed by atoms with Gasteiger partial charge in [-0.3, -0.25) is 9.59 Å². The number of phenolic OH excluding ortho intramolecular Hbond substituents is 1. The number of aromatic hydroxyl groups is 1. The van der Waals surface area contributed by atoms with Crippen molar-refractivity contribution in [3.8, 4) is 5.75 Å². The zero-order valence-electron chi connectivity index (χ0n) is 18.2. The first-order valence-corrected chi connectivity index (χ1v) is 11.0. The van der Waals surface area contributed by atoms with Gasteiger partial charge < -0.3 is 20.8 Å². The summed E-state index contributed by atoms with van der Waals surface area (Å²) >= 11 is 4.39. The van der Waals surface area contributed by atoms with E-state index in [0.29, 0.717) is 18.4 Å². The number of hydrogen-bond donors (Lipinski definition) is 5. The number of carbonyl (C=O) groups excluding carboxylic acids is 2. The van der Waals surface area contributed by atoms with E-state index in [4.69, 9.17) is 0 Å². The van der Waals surface area contributed by atoms with E-state index in [0.717, 1.165) is 5.56 Å². The normalized spacial score (nSPS) is 13.8. The van der Waals surface area contributed by atoms with Crippen LogP contribution in [0, 0.1) is 5.92 Å². The molecule has 172 valence electrons. The Hall–Kier alpha value is -3.00. The second-order valence-electron chi connectivity index (χ2n) is 8.04. The first kappa shape index (κ1) is 25.3. The van der Waals surface area contributed by atoms with Gasteiger partial charge in [-0.05, 0) is 42.0 Å². The van der Waals surface area contributed by atoms with Crippen molar-refractivity contribution in [2.24, 2.45) is 5.92 Å². The third kappa shape index (κ3) is 7.92. The number of aryl methyl sites for hydroxylation is 1. The van der Waals surface area contributed by atoms with Gasteiger partial charge in [0, 0.05) is 6.42 Å². The summed E-state index contributed by atoms with van der Waals surface area (Å²) in [4.78, 5) is 37.1. The molecular weight excluding hydrogens is 428 g/mol. The Labute approximate surface area is 193 Å². The van der Waals surface area contributed by atoms with E-state index in [1.54, 1.807) is 26.0 Å². The first-order valence-electron chi connectivity index (χ1n) is 10.5. The molecule has 0 saturated carbocycles. The van der Waals surface area contributed by atoms with Crippen LogP contribution in [0.1, 0.15) is 31.4 Å². The molecule has 3 atom stereocenters. The van der Waals surface area contributed by atoms with Crippen LogP contribution in [0.4, 0.5) is 0 Å². The van der Waals surface area contributed by atoms with Gasteiger partial charge in [0.1, 0.15) is 17.8 Å². The summed E-state index contributed by atoms with van der Waals surface area (Å²) in [5, 5.41) is 23.6. The number of phenols is 1. The standard InChI is InChI=1S/C24H30N2O5S/c1-15(2)21(26-22(28)20(32)13-10-16-6-4-3-5-7-16)23(29)25-19(24(30)31)14-17-8-11-18(27)12-9-17/h3-9,11-12,15,19-21,27,32H,10,13-14H2,1-2H3,(H,25,29)(H,26,28)(H,30,31). The number of hydrogen-bond acceptors (Lipinski definition) is 5. The molecule has 0 aromatic heterocycles. The maximum absolute atomic E-state index is 12.8. The highest BCUT2D eigenvalue weighted by Crippen LogP contribution is 2.13. The highest BCUT2D eigenvalue weighted by Gasteiger charge is 2.30. The Morgan fingerprint density at radius 3 is 2.09 bits per heavy atom. The number of benzene rings is 2. The van der Waals surface area contributed by atoms with Gasteiger partial charge in [0.05, 0.1) is 5.25 Å². The molecule has 0 heterocycles. The molecule has 0 fully saturated rings. The van der Waals surface area contributed by atoms with E-state index in [9.17, 15) is 24.6 Å². The van der Waals surface area contributed by atoms with Crippen LogP contribution in [0.2, 0.25) is 0 Å². The fourth-order valence-corrected chi connectivity index (χ4v) is 3.40. The number of carboxylic acid groups (broad SMARTS) is 1. The van der Waals surface area contributed by atoms with E-state index in [-0.39, 0.29) is 24.0 Å². The number of thiol groups is 1. The Bertz CT molecular complexity index is 902. The monoisotopic (exact) mass is 458 g/mol. The SMILES string of the molecule is CC(C)C(NC(=O)C(S)CCc1ccccc1)C(=O)NC(Cc1ccc(O)cc1)C(=O)O. The van der Waals surface area contributed by atoms with Crippen molar-refractivity contribution in [1.82, 2.24) is 10.6 Å². The van der Waals surface area contributed by atoms with E-state index in [1.807, 2.05) is 30.3 Å². The summed E-state index contributed by atoms with van der Waals surface area (Å²) in [6.45, 7) is 3.55. The van der Waals surface area contributed by atoms with Crippen molar-refractivity contribution in [1.29, 1.82) is 0 Å². The molecule has 2 amide bonds. The summed E-state index contributed by atoms with van der Waals surface area (Å²) in [7, 11) is 0. The van der Waals surface area contributed by atoms with Crippen molar-refractivity contribution in [3.05, 3.63) is 65.7 Å². The van der Waals surface area contributed by atoms with Crippen molar-refractivity contribution in [2.45, 2.75) is 50.4 Å². The second-order valence-corrected chi connectivity index (χ2v) is 8.66. The maximum atomic E-state index is 12.8. The Kier molecular flexibility index (Phi) is 9.59. The number of aliphatic carboxylic acids is 1. The Balaban J connectivity index is 1.97. The molecule has 0 aliphatic rings. The van der Waals surface area contributed by atoms with Crippen LogP contribution < -0.4 is 10.6 Å². The predicted octanol–water partition coefficient (Wildman–Crippen LogP) is 2.58. The lowest BCUT2D eigenvalue weighted by molar-refractivity contribution is -0.142. The van der Waals surface area contributed by atoms with Gasteiger partial charge in [-0.2, -0.15) is 12.6 Å². The lowest BCUT2D eigenvalue weighted by Gasteiger charge is -2.25. The lowest BCUT2D eigenvalue weighted by Crippen LogP contribution is -2.55. The van der Waals surface area contributed by atoms with Crippen LogP contribution in [-0.2, 0) is 27.2 Å². The van der Waals surface area contributed by atoms with Gasteiger partial charge in [-0.1, -0.05) is 56.3 Å². The first-order chi connectivity index (χ1) is 15.2. The van der Waals surface area contributed by atoms with Crippen molar-refractivity contribution >= 4 is 30.4 Å². The minimum absolute atomic E-state index is 0.0480. The molecule has 0 saturated heterocycles. The smallest absolute Gasteiger partial charge is 0.326 e. The Morgan fingerprint density at radius 2 is 1.53 bits per heavy atom. The largest absolute Gasteiger partial charge is 0.508 e. The summed E-state index contributed by atoms with van der Waals surface area (Å²) in [6.07, 6.45) is 1.23. The quantitative estimate of drug-likeness (QED) is 0.332. The molecule has 0 spiro atoms. The van der Waals surface area contributed by atoms with E-state index >= 15 is 0 Å². The summed E-state index contributed by atoms with van der Waals surface area (Å²) in [6, 6.07) is 13.8. The van der Waals surface area contributed by atoms with Gasteiger partial charge in [0.25, 0.3) is 0 Å². The predicted molar refractivity (Wildman–Crippen MR) is 126 cm³/mol. The van der Waals surface area contributed by atoms with Gasteiger partial charge >= 0.3 is 5.97 Å². The van der Waals surface area contributed by atoms with Crippen molar-refractivity contribution < 1.29 is 24.6 Å². The van der Waals surface area contributed by atoms with Gasteiger partial charge in [0.15, 0.2) is 0 Å². The van der Waals surface area contributed by atoms with E-state index in [1.165, 1.54) is 12.1 Å². The zero-order valence-corrected chi connectivity index (χ0v) is 19.1. The Morgan fingerprint density at radius 1 is 0.906 bits per heavy atom. The number of carboxylic acids is 1. The third-order valence-electron chi connectivity index (χ3n) is 5.09. The molecule has 2 aromatic rings. The van der Waals surface area contributed by atoms with Crippen molar-refractivity contribution in [3.63, 3.8) is 0 Å². The summed E-state index contributed by atoms with van der Waals surface area (Å²) < 4.78 is 0. The van der Waals surface area contributed by atoms with Gasteiger partial charge in [-0.15, -0.1) is 0 Å². The molecule has 0 aliphatic carbocycles. The molecule has 3 unspecified atom stereocenters. The molecule has 4 N–H and O–H groups in total. The maximum Gasteiger partial charge on any atom is 0.326 e. The van der Waals surface area contributed by atoms with Crippen LogP contribution >= 0.6 is 12.6 Å². The molecule has 2 rings (SSSR count). The summed E-state index contributed by atoms with van der Waals surface area (Å²) in [5.41, 5.74) is 1.74. The minimum Gasteiger partial charge on any atom is -0.508 e. The van der Waals surface area contributed by atoms with Crippen molar-refractivity contribution in [2.75, 3.05) is 0 Å².